The summed E-state index contributed by atoms with van der Waals surface area (Å²) >= 11 is 0. The zero-order valence-corrected chi connectivity index (χ0v) is 18.4. The topological polar surface area (TPSA) is 115 Å². The van der Waals surface area contributed by atoms with Gasteiger partial charge in [0, 0.05) is 17.8 Å². The minimum absolute atomic E-state index is 0.127. The summed E-state index contributed by atoms with van der Waals surface area (Å²) in [4.78, 5) is 9.38. The molecule has 0 saturated heterocycles. The standard InChI is InChI=1S/C22H22N6O3S/c1-14(2)20-24-21(26-25-20)18-13-28-10-11-31-19-9-8-16(12-17(19)22(28)23-18)32(29,30)27-15-6-4-3-5-7-15/h3-9,12-14,27H,10-11H2,1-2H3,(H,24,25,26). The monoisotopic (exact) mass is 450 g/mol. The molecular formula is C22H22N6O3S. The predicted octanol–water partition coefficient (Wildman–Crippen LogP) is 3.65. The van der Waals surface area contributed by atoms with Crippen LogP contribution in [0.3, 0.4) is 0 Å². The van der Waals surface area contributed by atoms with Crippen LogP contribution in [0.1, 0.15) is 25.6 Å². The van der Waals surface area contributed by atoms with Crippen molar-refractivity contribution in [2.75, 3.05) is 11.3 Å². The highest BCUT2D eigenvalue weighted by atomic mass is 32.2. The van der Waals surface area contributed by atoms with E-state index >= 15 is 0 Å². The number of benzene rings is 2. The van der Waals surface area contributed by atoms with Gasteiger partial charge in [-0.25, -0.2) is 18.4 Å². The van der Waals surface area contributed by atoms with Gasteiger partial charge in [0.15, 0.2) is 0 Å². The second kappa shape index (κ2) is 7.79. The Morgan fingerprint density at radius 3 is 2.69 bits per heavy atom. The highest BCUT2D eigenvalue weighted by Gasteiger charge is 2.24. The fourth-order valence-electron chi connectivity index (χ4n) is 3.51. The minimum atomic E-state index is -3.79. The fourth-order valence-corrected chi connectivity index (χ4v) is 4.59. The molecule has 2 aromatic heterocycles. The average molecular weight is 451 g/mol. The van der Waals surface area contributed by atoms with Gasteiger partial charge >= 0.3 is 0 Å². The number of sulfonamides is 1. The highest BCUT2D eigenvalue weighted by molar-refractivity contribution is 7.92. The maximum atomic E-state index is 13.0. The molecule has 5 rings (SSSR count). The summed E-state index contributed by atoms with van der Waals surface area (Å²) in [5.74, 6) is 2.70. The zero-order chi connectivity index (χ0) is 22.3. The molecule has 1 aliphatic heterocycles. The van der Waals surface area contributed by atoms with Crippen LogP contribution in [0.2, 0.25) is 0 Å². The summed E-state index contributed by atoms with van der Waals surface area (Å²) in [6.45, 7) is 5.08. The number of imidazole rings is 1. The van der Waals surface area contributed by atoms with E-state index in [1.165, 1.54) is 6.07 Å². The zero-order valence-electron chi connectivity index (χ0n) is 17.6. The lowest BCUT2D eigenvalue weighted by Gasteiger charge is -2.11. The number of aromatic amines is 1. The Morgan fingerprint density at radius 1 is 1.12 bits per heavy atom. The Hall–Kier alpha value is -3.66. The SMILES string of the molecule is CC(C)c1nc(-c2cn3c(n2)-c2cc(S(=O)(=O)Nc4ccccc4)ccc2OCC3)n[nH]1. The molecule has 0 amide bonds. The van der Waals surface area contributed by atoms with E-state index < -0.39 is 10.0 Å². The molecule has 0 saturated carbocycles. The first-order valence-corrected chi connectivity index (χ1v) is 11.7. The number of anilines is 1. The number of para-hydroxylation sites is 1. The lowest BCUT2D eigenvalue weighted by molar-refractivity contribution is 0.306. The molecule has 0 radical (unpaired) electrons. The molecule has 10 heteroatoms. The summed E-state index contributed by atoms with van der Waals surface area (Å²) in [5, 5.41) is 7.23. The molecular weight excluding hydrogens is 428 g/mol. The minimum Gasteiger partial charge on any atom is -0.491 e. The average Bonchev–Trinajstić information content (AvgIpc) is 3.39. The molecule has 0 bridgehead atoms. The van der Waals surface area contributed by atoms with Crippen LogP contribution in [-0.4, -0.2) is 39.8 Å². The summed E-state index contributed by atoms with van der Waals surface area (Å²) in [6.07, 6.45) is 1.87. The summed E-state index contributed by atoms with van der Waals surface area (Å²) < 4.78 is 36.3. The smallest absolute Gasteiger partial charge is 0.261 e. The summed E-state index contributed by atoms with van der Waals surface area (Å²) in [7, 11) is -3.79. The van der Waals surface area contributed by atoms with Gasteiger partial charge in [-0.15, -0.1) is 0 Å². The van der Waals surface area contributed by atoms with Gasteiger partial charge in [-0.3, -0.25) is 9.82 Å². The van der Waals surface area contributed by atoms with Gasteiger partial charge in [0.05, 0.1) is 17.0 Å². The number of ether oxygens (including phenoxy) is 1. The fraction of sp³-hybridized carbons (Fsp3) is 0.227. The summed E-state index contributed by atoms with van der Waals surface area (Å²) in [6, 6.07) is 13.6. The largest absolute Gasteiger partial charge is 0.491 e. The molecule has 0 unspecified atom stereocenters. The molecule has 1 aliphatic rings. The van der Waals surface area contributed by atoms with Crippen molar-refractivity contribution in [3.63, 3.8) is 0 Å². The van der Waals surface area contributed by atoms with E-state index in [1.54, 1.807) is 36.4 Å². The van der Waals surface area contributed by atoms with Crippen LogP contribution in [0.4, 0.5) is 5.69 Å². The molecule has 0 aliphatic carbocycles. The molecule has 0 spiro atoms. The molecule has 32 heavy (non-hydrogen) atoms. The van der Waals surface area contributed by atoms with Crippen molar-refractivity contribution in [3.05, 3.63) is 60.6 Å². The Kier molecular flexibility index (Phi) is 4.93. The Morgan fingerprint density at radius 2 is 1.94 bits per heavy atom. The van der Waals surface area contributed by atoms with Crippen molar-refractivity contribution in [2.45, 2.75) is 31.2 Å². The molecule has 2 aromatic carbocycles. The quantitative estimate of drug-likeness (QED) is 0.480. The van der Waals surface area contributed by atoms with E-state index in [0.29, 0.717) is 47.5 Å². The van der Waals surface area contributed by atoms with Crippen molar-refractivity contribution in [1.82, 2.24) is 24.7 Å². The van der Waals surface area contributed by atoms with Gasteiger partial charge in [-0.1, -0.05) is 32.0 Å². The van der Waals surface area contributed by atoms with Crippen LogP contribution in [0.5, 0.6) is 5.75 Å². The number of aromatic nitrogens is 5. The van der Waals surface area contributed by atoms with E-state index in [1.807, 2.05) is 30.7 Å². The van der Waals surface area contributed by atoms with Crippen LogP contribution < -0.4 is 9.46 Å². The van der Waals surface area contributed by atoms with Gasteiger partial charge in [0.1, 0.15) is 29.7 Å². The second-order valence-corrected chi connectivity index (χ2v) is 9.50. The van der Waals surface area contributed by atoms with Crippen LogP contribution in [0, 0.1) is 0 Å². The molecule has 164 valence electrons. The first kappa shape index (κ1) is 20.3. The lowest BCUT2D eigenvalue weighted by atomic mass is 10.2. The summed E-state index contributed by atoms with van der Waals surface area (Å²) in [5.41, 5.74) is 1.71. The molecule has 4 aromatic rings. The van der Waals surface area contributed by atoms with E-state index in [4.69, 9.17) is 9.72 Å². The number of rotatable bonds is 5. The number of nitrogens with one attached hydrogen (secondary N) is 2. The second-order valence-electron chi connectivity index (χ2n) is 7.82. The van der Waals surface area contributed by atoms with Crippen molar-refractivity contribution in [2.24, 2.45) is 0 Å². The van der Waals surface area contributed by atoms with Crippen molar-refractivity contribution in [3.8, 4) is 28.7 Å². The van der Waals surface area contributed by atoms with E-state index in [2.05, 4.69) is 19.9 Å². The van der Waals surface area contributed by atoms with Gasteiger partial charge in [0.2, 0.25) is 5.82 Å². The van der Waals surface area contributed by atoms with Crippen molar-refractivity contribution in [1.29, 1.82) is 0 Å². The molecule has 0 atom stereocenters. The molecule has 2 N–H and O–H groups in total. The number of H-pyrrole nitrogens is 1. The Balaban J connectivity index is 1.55. The van der Waals surface area contributed by atoms with Crippen LogP contribution >= 0.6 is 0 Å². The Bertz CT molecular complexity index is 1380. The maximum Gasteiger partial charge on any atom is 0.261 e. The van der Waals surface area contributed by atoms with Crippen LogP contribution in [-0.2, 0) is 16.6 Å². The van der Waals surface area contributed by atoms with Crippen molar-refractivity contribution >= 4 is 15.7 Å². The number of hydrogen-bond donors (Lipinski definition) is 2. The number of hydrogen-bond acceptors (Lipinski definition) is 6. The van der Waals surface area contributed by atoms with E-state index in [0.717, 1.165) is 5.82 Å². The van der Waals surface area contributed by atoms with Gasteiger partial charge in [-0.2, -0.15) is 5.10 Å². The number of nitrogens with zero attached hydrogens (tertiary/aromatic N) is 4. The molecule has 0 fully saturated rings. The maximum absolute atomic E-state index is 13.0. The highest BCUT2D eigenvalue weighted by Crippen LogP contribution is 2.35. The van der Waals surface area contributed by atoms with E-state index in [9.17, 15) is 8.42 Å². The van der Waals surface area contributed by atoms with E-state index in [-0.39, 0.29) is 10.8 Å². The van der Waals surface area contributed by atoms with Crippen LogP contribution in [0.25, 0.3) is 22.9 Å². The van der Waals surface area contributed by atoms with Crippen molar-refractivity contribution < 1.29 is 13.2 Å². The third-order valence-electron chi connectivity index (χ3n) is 5.17. The molecule has 9 nitrogen and oxygen atoms in total. The first-order valence-electron chi connectivity index (χ1n) is 10.3. The first-order chi connectivity index (χ1) is 15.4. The molecule has 3 heterocycles. The Labute approximate surface area is 185 Å². The lowest BCUT2D eigenvalue weighted by Crippen LogP contribution is -2.13. The normalized spacial score (nSPS) is 13.2. The van der Waals surface area contributed by atoms with Gasteiger partial charge in [-0.05, 0) is 30.3 Å². The van der Waals surface area contributed by atoms with Gasteiger partial charge < -0.3 is 9.30 Å². The number of fused-ring (bicyclic) bond motifs is 3. The predicted molar refractivity (Wildman–Crippen MR) is 120 cm³/mol. The van der Waals surface area contributed by atoms with Gasteiger partial charge in [0.25, 0.3) is 10.0 Å². The third kappa shape index (κ3) is 3.73. The van der Waals surface area contributed by atoms with Crippen LogP contribution in [0.15, 0.2) is 59.6 Å². The third-order valence-corrected chi connectivity index (χ3v) is 6.55.